The minimum absolute atomic E-state index is 0.216. The molecule has 96 valence electrons. The van der Waals surface area contributed by atoms with Gasteiger partial charge in [-0.05, 0) is 55.6 Å². The number of thiophene rings is 1. The molecule has 0 radical (unpaired) electrons. The molecule has 0 bridgehead atoms. The van der Waals surface area contributed by atoms with Crippen molar-refractivity contribution in [1.82, 2.24) is 10.2 Å². The molecular weight excluding hydrogens is 228 g/mol. The Morgan fingerprint density at radius 2 is 2.24 bits per heavy atom. The van der Waals surface area contributed by atoms with E-state index in [2.05, 4.69) is 47.8 Å². The summed E-state index contributed by atoms with van der Waals surface area (Å²) in [6.07, 6.45) is 2.76. The minimum atomic E-state index is 0.216. The highest BCUT2D eigenvalue weighted by Gasteiger charge is 2.32. The number of rotatable bonds is 7. The van der Waals surface area contributed by atoms with Gasteiger partial charge in [0.15, 0.2) is 0 Å². The van der Waals surface area contributed by atoms with Gasteiger partial charge in [-0.3, -0.25) is 4.90 Å². The first kappa shape index (κ1) is 13.1. The predicted molar refractivity (Wildman–Crippen MR) is 75.5 cm³/mol. The Morgan fingerprint density at radius 3 is 2.76 bits per heavy atom. The second kappa shape index (κ2) is 5.51. The molecule has 2 nitrogen and oxygen atoms in total. The van der Waals surface area contributed by atoms with Crippen molar-refractivity contribution in [1.29, 1.82) is 0 Å². The van der Waals surface area contributed by atoms with E-state index < -0.39 is 0 Å². The van der Waals surface area contributed by atoms with Crippen molar-refractivity contribution in [2.24, 2.45) is 0 Å². The van der Waals surface area contributed by atoms with Gasteiger partial charge in [0.2, 0.25) is 0 Å². The Labute approximate surface area is 109 Å². The summed E-state index contributed by atoms with van der Waals surface area (Å²) in [6, 6.07) is 3.08. The van der Waals surface area contributed by atoms with Crippen LogP contribution in [0.2, 0.25) is 0 Å². The molecule has 1 fully saturated rings. The molecular formula is C14H24N2S. The molecule has 1 heterocycles. The van der Waals surface area contributed by atoms with Gasteiger partial charge < -0.3 is 5.32 Å². The van der Waals surface area contributed by atoms with Crippen molar-refractivity contribution >= 4 is 11.3 Å². The molecule has 0 aliphatic heterocycles. The van der Waals surface area contributed by atoms with Crippen LogP contribution in [0.4, 0.5) is 0 Å². The second-order valence-corrected chi connectivity index (χ2v) is 6.46. The zero-order valence-electron chi connectivity index (χ0n) is 11.2. The summed E-state index contributed by atoms with van der Waals surface area (Å²) >= 11 is 1.80. The van der Waals surface area contributed by atoms with Gasteiger partial charge in [0.25, 0.3) is 0 Å². The van der Waals surface area contributed by atoms with Gasteiger partial charge in [0.05, 0.1) is 0 Å². The molecule has 3 heteroatoms. The van der Waals surface area contributed by atoms with Crippen LogP contribution in [0.5, 0.6) is 0 Å². The average molecular weight is 252 g/mol. The average Bonchev–Trinajstić information content (AvgIpc) is 2.97. The van der Waals surface area contributed by atoms with Crippen LogP contribution in [0.1, 0.15) is 39.2 Å². The monoisotopic (exact) mass is 252 g/mol. The summed E-state index contributed by atoms with van der Waals surface area (Å²) in [5, 5.41) is 8.03. The van der Waals surface area contributed by atoms with Crippen molar-refractivity contribution in [2.45, 2.75) is 51.7 Å². The van der Waals surface area contributed by atoms with Gasteiger partial charge in [0, 0.05) is 24.7 Å². The Hall–Kier alpha value is -0.380. The third kappa shape index (κ3) is 4.09. The molecule has 0 spiro atoms. The molecule has 0 saturated heterocycles. The molecule has 0 amide bonds. The summed E-state index contributed by atoms with van der Waals surface area (Å²) in [7, 11) is 0. The standard InChI is InChI=1S/C14H24N2S/c1-4-15-14(2,3)11-16(13-5-6-13)9-12-7-8-17-10-12/h7-8,10,13,15H,4-6,9,11H2,1-3H3. The van der Waals surface area contributed by atoms with Crippen LogP contribution >= 0.6 is 11.3 Å². The van der Waals surface area contributed by atoms with Crippen LogP contribution in [0.25, 0.3) is 0 Å². The van der Waals surface area contributed by atoms with Crippen LogP contribution in [0.3, 0.4) is 0 Å². The molecule has 1 saturated carbocycles. The van der Waals surface area contributed by atoms with Crippen molar-refractivity contribution in [3.63, 3.8) is 0 Å². The number of nitrogens with zero attached hydrogens (tertiary/aromatic N) is 1. The summed E-state index contributed by atoms with van der Waals surface area (Å²) in [4.78, 5) is 2.64. The fourth-order valence-corrected chi connectivity index (χ4v) is 3.07. The predicted octanol–water partition coefficient (Wildman–Crippen LogP) is 3.10. The molecule has 0 atom stereocenters. The minimum Gasteiger partial charge on any atom is -0.311 e. The summed E-state index contributed by atoms with van der Waals surface area (Å²) in [5.41, 5.74) is 1.68. The first-order valence-corrected chi connectivity index (χ1v) is 7.55. The smallest absolute Gasteiger partial charge is 0.0252 e. The summed E-state index contributed by atoms with van der Waals surface area (Å²) < 4.78 is 0. The van der Waals surface area contributed by atoms with E-state index in [1.54, 1.807) is 11.3 Å². The molecule has 2 rings (SSSR count). The zero-order valence-corrected chi connectivity index (χ0v) is 12.0. The van der Waals surface area contributed by atoms with Gasteiger partial charge >= 0.3 is 0 Å². The summed E-state index contributed by atoms with van der Waals surface area (Å²) in [5.74, 6) is 0. The lowest BCUT2D eigenvalue weighted by molar-refractivity contribution is 0.186. The highest BCUT2D eigenvalue weighted by atomic mass is 32.1. The lowest BCUT2D eigenvalue weighted by atomic mass is 10.0. The van der Waals surface area contributed by atoms with E-state index in [4.69, 9.17) is 0 Å². The maximum absolute atomic E-state index is 3.58. The number of likely N-dealkylation sites (N-methyl/N-ethyl adjacent to an activating group) is 1. The summed E-state index contributed by atoms with van der Waals surface area (Å²) in [6.45, 7) is 10.1. The quantitative estimate of drug-likeness (QED) is 0.802. The van der Waals surface area contributed by atoms with Crippen LogP contribution in [-0.4, -0.2) is 29.6 Å². The van der Waals surface area contributed by atoms with Crippen molar-refractivity contribution in [3.05, 3.63) is 22.4 Å². The van der Waals surface area contributed by atoms with E-state index in [-0.39, 0.29) is 5.54 Å². The Kier molecular flexibility index (Phi) is 4.23. The molecule has 17 heavy (non-hydrogen) atoms. The largest absolute Gasteiger partial charge is 0.311 e. The lowest BCUT2D eigenvalue weighted by Gasteiger charge is -2.33. The number of hydrogen-bond donors (Lipinski definition) is 1. The van der Waals surface area contributed by atoms with E-state index in [0.717, 1.165) is 25.7 Å². The molecule has 1 aromatic heterocycles. The second-order valence-electron chi connectivity index (χ2n) is 5.68. The van der Waals surface area contributed by atoms with E-state index in [0.29, 0.717) is 0 Å². The van der Waals surface area contributed by atoms with Crippen molar-refractivity contribution < 1.29 is 0 Å². The SMILES string of the molecule is CCNC(C)(C)CN(Cc1ccsc1)C1CC1. The zero-order chi connectivity index (χ0) is 12.3. The Bertz CT molecular complexity index is 328. The fraction of sp³-hybridized carbons (Fsp3) is 0.714. The van der Waals surface area contributed by atoms with Gasteiger partial charge in [0.1, 0.15) is 0 Å². The van der Waals surface area contributed by atoms with Gasteiger partial charge in [-0.15, -0.1) is 0 Å². The molecule has 1 aromatic rings. The first-order chi connectivity index (χ1) is 8.11. The van der Waals surface area contributed by atoms with E-state index in [1.165, 1.54) is 18.4 Å². The molecule has 1 N–H and O–H groups in total. The number of nitrogens with one attached hydrogen (secondary N) is 1. The number of hydrogen-bond acceptors (Lipinski definition) is 3. The van der Waals surface area contributed by atoms with Gasteiger partial charge in [-0.25, -0.2) is 0 Å². The normalized spacial score (nSPS) is 16.7. The Morgan fingerprint density at radius 1 is 1.47 bits per heavy atom. The third-order valence-electron chi connectivity index (χ3n) is 3.28. The third-order valence-corrected chi connectivity index (χ3v) is 4.01. The Balaban J connectivity index is 1.93. The molecule has 0 unspecified atom stereocenters. The molecule has 1 aliphatic carbocycles. The fourth-order valence-electron chi connectivity index (χ4n) is 2.41. The highest BCUT2D eigenvalue weighted by Crippen LogP contribution is 2.29. The maximum Gasteiger partial charge on any atom is 0.0252 e. The lowest BCUT2D eigenvalue weighted by Crippen LogP contribution is -2.49. The highest BCUT2D eigenvalue weighted by molar-refractivity contribution is 7.07. The first-order valence-electron chi connectivity index (χ1n) is 6.61. The molecule has 1 aliphatic rings. The van der Waals surface area contributed by atoms with Gasteiger partial charge in [-0.2, -0.15) is 11.3 Å². The van der Waals surface area contributed by atoms with Crippen molar-refractivity contribution in [3.8, 4) is 0 Å². The van der Waals surface area contributed by atoms with Crippen LogP contribution < -0.4 is 5.32 Å². The van der Waals surface area contributed by atoms with E-state index in [1.807, 2.05) is 0 Å². The van der Waals surface area contributed by atoms with Crippen LogP contribution in [0, 0.1) is 0 Å². The van der Waals surface area contributed by atoms with Gasteiger partial charge in [-0.1, -0.05) is 6.92 Å². The van der Waals surface area contributed by atoms with E-state index >= 15 is 0 Å². The van der Waals surface area contributed by atoms with Crippen molar-refractivity contribution in [2.75, 3.05) is 13.1 Å². The topological polar surface area (TPSA) is 15.3 Å². The van der Waals surface area contributed by atoms with Crippen LogP contribution in [0.15, 0.2) is 16.8 Å². The molecule has 0 aromatic carbocycles. The van der Waals surface area contributed by atoms with E-state index in [9.17, 15) is 0 Å². The maximum atomic E-state index is 3.58. The van der Waals surface area contributed by atoms with Crippen LogP contribution in [-0.2, 0) is 6.54 Å².